The van der Waals surface area contributed by atoms with Crippen molar-refractivity contribution in [2.75, 3.05) is 0 Å². The molecule has 8 heteroatoms. The quantitative estimate of drug-likeness (QED) is 0.415. The highest BCUT2D eigenvalue weighted by molar-refractivity contribution is 6.31. The van der Waals surface area contributed by atoms with Gasteiger partial charge in [0, 0.05) is 32.9 Å². The Morgan fingerprint density at radius 2 is 1.10 bits per heavy atom. The SMILES string of the molecule is O=C(NN/C=C(\NNC(=O)c1ccc(Cl)cc1)c1ccccc1)c1ccc(Cl)cc1. The number of amides is 2. The third-order valence-corrected chi connectivity index (χ3v) is 4.51. The first-order valence-electron chi connectivity index (χ1n) is 8.92. The summed E-state index contributed by atoms with van der Waals surface area (Å²) in [6.45, 7) is 0. The van der Waals surface area contributed by atoms with E-state index in [0.717, 1.165) is 5.56 Å². The van der Waals surface area contributed by atoms with Gasteiger partial charge in [0.15, 0.2) is 0 Å². The second-order valence-electron chi connectivity index (χ2n) is 6.12. The zero-order valence-corrected chi connectivity index (χ0v) is 17.2. The van der Waals surface area contributed by atoms with Crippen molar-refractivity contribution in [3.8, 4) is 0 Å². The maximum Gasteiger partial charge on any atom is 0.269 e. The first kappa shape index (κ1) is 21.2. The van der Waals surface area contributed by atoms with Crippen molar-refractivity contribution in [2.45, 2.75) is 0 Å². The Morgan fingerprint density at radius 1 is 0.600 bits per heavy atom. The van der Waals surface area contributed by atoms with Crippen LogP contribution in [0.2, 0.25) is 10.0 Å². The maximum absolute atomic E-state index is 12.3. The molecule has 0 aliphatic heterocycles. The van der Waals surface area contributed by atoms with Crippen molar-refractivity contribution >= 4 is 40.7 Å². The minimum atomic E-state index is -0.335. The molecule has 0 radical (unpaired) electrons. The predicted octanol–water partition coefficient (Wildman–Crippen LogP) is 4.16. The van der Waals surface area contributed by atoms with E-state index in [1.54, 1.807) is 48.5 Å². The van der Waals surface area contributed by atoms with Gasteiger partial charge >= 0.3 is 0 Å². The molecule has 4 N–H and O–H groups in total. The van der Waals surface area contributed by atoms with Gasteiger partial charge in [-0.2, -0.15) is 0 Å². The van der Waals surface area contributed by atoms with Gasteiger partial charge < -0.3 is 5.43 Å². The van der Waals surface area contributed by atoms with Crippen LogP contribution < -0.4 is 21.7 Å². The molecule has 0 aliphatic rings. The Labute approximate surface area is 183 Å². The number of carbonyl (C=O) groups excluding carboxylic acids is 2. The molecule has 0 heterocycles. The molecule has 30 heavy (non-hydrogen) atoms. The monoisotopic (exact) mass is 440 g/mol. The van der Waals surface area contributed by atoms with Gasteiger partial charge in [0.1, 0.15) is 0 Å². The molecule has 0 atom stereocenters. The molecule has 2 amide bonds. The van der Waals surface area contributed by atoms with Gasteiger partial charge in [-0.25, -0.2) is 0 Å². The van der Waals surface area contributed by atoms with Gasteiger partial charge in [-0.1, -0.05) is 53.5 Å². The topological polar surface area (TPSA) is 82.3 Å². The molecule has 0 aliphatic carbocycles. The van der Waals surface area contributed by atoms with Crippen LogP contribution in [0.25, 0.3) is 5.70 Å². The van der Waals surface area contributed by atoms with Crippen LogP contribution in [0.3, 0.4) is 0 Å². The fourth-order valence-electron chi connectivity index (χ4n) is 2.45. The Kier molecular flexibility index (Phi) is 7.32. The molecular weight excluding hydrogens is 423 g/mol. The largest absolute Gasteiger partial charge is 0.303 e. The number of hydrogen-bond donors (Lipinski definition) is 4. The Balaban J connectivity index is 1.66. The van der Waals surface area contributed by atoms with Crippen molar-refractivity contribution in [3.05, 3.63) is 112 Å². The summed E-state index contributed by atoms with van der Waals surface area (Å²) in [6, 6.07) is 22.3. The van der Waals surface area contributed by atoms with E-state index in [9.17, 15) is 9.59 Å². The number of carbonyl (C=O) groups is 2. The van der Waals surface area contributed by atoms with Crippen LogP contribution in [0.5, 0.6) is 0 Å². The molecule has 152 valence electrons. The average molecular weight is 441 g/mol. The summed E-state index contributed by atoms with van der Waals surface area (Å²) in [7, 11) is 0. The molecule has 0 unspecified atom stereocenters. The van der Waals surface area contributed by atoms with Gasteiger partial charge in [0.05, 0.1) is 5.70 Å². The van der Waals surface area contributed by atoms with Gasteiger partial charge in [0.2, 0.25) is 0 Å². The number of rotatable bonds is 7. The zero-order valence-electron chi connectivity index (χ0n) is 15.7. The molecule has 3 aromatic rings. The molecular formula is C22H18Cl2N4O2. The number of hydrogen-bond acceptors (Lipinski definition) is 4. The highest BCUT2D eigenvalue weighted by atomic mass is 35.5. The number of halogens is 2. The highest BCUT2D eigenvalue weighted by Gasteiger charge is 2.08. The van der Waals surface area contributed by atoms with Crippen molar-refractivity contribution < 1.29 is 9.59 Å². The minimum absolute atomic E-state index is 0.333. The van der Waals surface area contributed by atoms with Crippen molar-refractivity contribution in [3.63, 3.8) is 0 Å². The Hall–Kier alpha value is -3.48. The summed E-state index contributed by atoms with van der Waals surface area (Å²) in [5.41, 5.74) is 13.0. The van der Waals surface area contributed by atoms with Crippen LogP contribution in [0.15, 0.2) is 85.1 Å². The zero-order chi connectivity index (χ0) is 21.3. The minimum Gasteiger partial charge on any atom is -0.303 e. The van der Waals surface area contributed by atoms with Crippen LogP contribution in [-0.4, -0.2) is 11.8 Å². The van der Waals surface area contributed by atoms with Crippen molar-refractivity contribution in [1.82, 2.24) is 21.7 Å². The van der Waals surface area contributed by atoms with E-state index in [2.05, 4.69) is 21.7 Å². The van der Waals surface area contributed by atoms with E-state index in [0.29, 0.717) is 26.9 Å². The third-order valence-electron chi connectivity index (χ3n) is 4.01. The number of nitrogens with one attached hydrogen (secondary N) is 4. The first-order chi connectivity index (χ1) is 14.5. The van der Waals surface area contributed by atoms with E-state index in [1.807, 2.05) is 30.3 Å². The fraction of sp³-hybridized carbons (Fsp3) is 0. The molecule has 0 saturated heterocycles. The summed E-state index contributed by atoms with van der Waals surface area (Å²) in [4.78, 5) is 24.5. The molecule has 3 rings (SSSR count). The molecule has 0 aromatic heterocycles. The van der Waals surface area contributed by atoms with Crippen LogP contribution in [0.1, 0.15) is 26.3 Å². The van der Waals surface area contributed by atoms with E-state index < -0.39 is 0 Å². The van der Waals surface area contributed by atoms with Gasteiger partial charge in [0.25, 0.3) is 11.8 Å². The summed E-state index contributed by atoms with van der Waals surface area (Å²) in [5.74, 6) is -0.667. The predicted molar refractivity (Wildman–Crippen MR) is 119 cm³/mol. The number of benzene rings is 3. The van der Waals surface area contributed by atoms with E-state index in [4.69, 9.17) is 23.2 Å². The first-order valence-corrected chi connectivity index (χ1v) is 9.67. The Bertz CT molecular complexity index is 1040. The van der Waals surface area contributed by atoms with Crippen LogP contribution in [0.4, 0.5) is 0 Å². The molecule has 6 nitrogen and oxygen atoms in total. The lowest BCUT2D eigenvalue weighted by Gasteiger charge is -2.14. The smallest absolute Gasteiger partial charge is 0.269 e. The second-order valence-corrected chi connectivity index (χ2v) is 6.99. The lowest BCUT2D eigenvalue weighted by atomic mass is 10.2. The van der Waals surface area contributed by atoms with Crippen molar-refractivity contribution in [1.29, 1.82) is 0 Å². The van der Waals surface area contributed by atoms with E-state index >= 15 is 0 Å². The lowest BCUT2D eigenvalue weighted by Crippen LogP contribution is -2.38. The summed E-state index contributed by atoms with van der Waals surface area (Å²) in [6.07, 6.45) is 1.53. The summed E-state index contributed by atoms with van der Waals surface area (Å²) >= 11 is 11.7. The molecule has 0 spiro atoms. The van der Waals surface area contributed by atoms with Crippen LogP contribution in [0, 0.1) is 0 Å². The van der Waals surface area contributed by atoms with E-state index in [-0.39, 0.29) is 11.8 Å². The third kappa shape index (κ3) is 6.01. The van der Waals surface area contributed by atoms with Crippen LogP contribution in [-0.2, 0) is 0 Å². The second kappa shape index (κ2) is 10.3. The van der Waals surface area contributed by atoms with Crippen LogP contribution >= 0.6 is 23.2 Å². The Morgan fingerprint density at radius 3 is 1.63 bits per heavy atom. The molecule has 0 bridgehead atoms. The van der Waals surface area contributed by atoms with E-state index in [1.165, 1.54) is 6.20 Å². The average Bonchev–Trinajstić information content (AvgIpc) is 2.77. The normalized spacial score (nSPS) is 10.8. The number of hydrazine groups is 2. The summed E-state index contributed by atoms with van der Waals surface area (Å²) in [5, 5.41) is 1.09. The molecule has 3 aromatic carbocycles. The summed E-state index contributed by atoms with van der Waals surface area (Å²) < 4.78 is 0. The highest BCUT2D eigenvalue weighted by Crippen LogP contribution is 2.11. The molecule has 0 saturated carbocycles. The lowest BCUT2D eigenvalue weighted by molar-refractivity contribution is 0.0931. The fourth-order valence-corrected chi connectivity index (χ4v) is 2.71. The van der Waals surface area contributed by atoms with Gasteiger partial charge in [-0.3, -0.25) is 25.9 Å². The van der Waals surface area contributed by atoms with Gasteiger partial charge in [-0.05, 0) is 48.5 Å². The van der Waals surface area contributed by atoms with Gasteiger partial charge in [-0.15, -0.1) is 0 Å². The molecule has 0 fully saturated rings. The maximum atomic E-state index is 12.3. The standard InChI is InChI=1S/C22H18Cl2N4O2/c23-18-10-6-16(7-11-18)21(29)27-25-14-20(15-4-2-1-3-5-15)26-28-22(30)17-8-12-19(24)13-9-17/h1-14,25-26H,(H,27,29)(H,28,30)/b20-14-. The van der Waals surface area contributed by atoms with Crippen molar-refractivity contribution in [2.24, 2.45) is 0 Å².